The number of rotatable bonds is 7. The van der Waals surface area contributed by atoms with Crippen molar-refractivity contribution in [3.8, 4) is 11.4 Å². The van der Waals surface area contributed by atoms with E-state index in [4.69, 9.17) is 5.73 Å². The van der Waals surface area contributed by atoms with Crippen LogP contribution in [0, 0.1) is 5.82 Å². The van der Waals surface area contributed by atoms with Crippen LogP contribution in [0.1, 0.15) is 45.9 Å². The van der Waals surface area contributed by atoms with Crippen molar-refractivity contribution >= 4 is 23.1 Å². The van der Waals surface area contributed by atoms with E-state index < -0.39 is 5.60 Å². The molecule has 0 saturated heterocycles. The summed E-state index contributed by atoms with van der Waals surface area (Å²) in [6.07, 6.45) is 5.44. The summed E-state index contributed by atoms with van der Waals surface area (Å²) in [5, 5.41) is 10.5. The maximum Gasteiger partial charge on any atom is 0.166 e. The van der Waals surface area contributed by atoms with E-state index in [1.165, 1.54) is 12.1 Å². The van der Waals surface area contributed by atoms with Crippen molar-refractivity contribution in [3.05, 3.63) is 42.0 Å². The molecular weight excluding hydrogens is 357 g/mol. The van der Waals surface area contributed by atoms with Crippen LogP contribution in [0.5, 0.6) is 0 Å². The number of benzene rings is 1. The average Bonchev–Trinajstić information content (AvgIpc) is 3.06. The Kier molecular flexibility index (Phi) is 5.74. The Morgan fingerprint density at radius 2 is 1.93 bits per heavy atom. The minimum Gasteiger partial charge on any atom is -0.386 e. The van der Waals surface area contributed by atoms with E-state index in [0.29, 0.717) is 47.8 Å². The first-order chi connectivity index (χ1) is 13.4. The Labute approximate surface area is 164 Å². The monoisotopic (exact) mass is 383 g/mol. The van der Waals surface area contributed by atoms with Gasteiger partial charge in [-0.25, -0.2) is 19.3 Å². The molecular formula is C21H26FN5O. The van der Waals surface area contributed by atoms with Crippen molar-refractivity contribution in [2.24, 2.45) is 0 Å². The van der Waals surface area contributed by atoms with Crippen molar-refractivity contribution in [2.75, 3.05) is 5.73 Å². The fraction of sp³-hybridized carbons (Fsp3) is 0.381. The highest BCUT2D eigenvalue weighted by Crippen LogP contribution is 2.27. The molecule has 1 aromatic carbocycles. The first-order valence-corrected chi connectivity index (χ1v) is 9.62. The van der Waals surface area contributed by atoms with Gasteiger partial charge in [0.05, 0.1) is 5.60 Å². The lowest BCUT2D eigenvalue weighted by Gasteiger charge is -2.20. The van der Waals surface area contributed by atoms with Gasteiger partial charge in [0.25, 0.3) is 0 Å². The third-order valence-corrected chi connectivity index (χ3v) is 4.94. The van der Waals surface area contributed by atoms with Gasteiger partial charge in [0, 0.05) is 12.1 Å². The smallest absolute Gasteiger partial charge is 0.166 e. The molecule has 0 amide bonds. The van der Waals surface area contributed by atoms with Crippen LogP contribution in [0.25, 0.3) is 28.6 Å². The zero-order valence-corrected chi connectivity index (χ0v) is 16.5. The van der Waals surface area contributed by atoms with Crippen LogP contribution >= 0.6 is 0 Å². The number of aryl methyl sites for hydroxylation is 1. The number of hydrogen-bond acceptors (Lipinski definition) is 5. The molecule has 0 unspecified atom stereocenters. The highest BCUT2D eigenvalue weighted by Gasteiger charge is 2.20. The molecule has 0 aliphatic heterocycles. The maximum atomic E-state index is 13.7. The second-order valence-corrected chi connectivity index (χ2v) is 6.88. The number of nitrogens with two attached hydrogens (primary N) is 1. The van der Waals surface area contributed by atoms with E-state index in [1.54, 1.807) is 18.2 Å². The van der Waals surface area contributed by atoms with E-state index in [1.807, 2.05) is 24.5 Å². The summed E-state index contributed by atoms with van der Waals surface area (Å²) < 4.78 is 15.7. The Morgan fingerprint density at radius 1 is 1.18 bits per heavy atom. The molecule has 0 aliphatic carbocycles. The predicted molar refractivity (Wildman–Crippen MR) is 110 cm³/mol. The van der Waals surface area contributed by atoms with E-state index in [2.05, 4.69) is 21.9 Å². The third-order valence-electron chi connectivity index (χ3n) is 4.94. The summed E-state index contributed by atoms with van der Waals surface area (Å²) in [7, 11) is 0. The lowest BCUT2D eigenvalue weighted by molar-refractivity contribution is 0.0836. The molecule has 0 radical (unpaired) electrons. The zero-order valence-electron chi connectivity index (χ0n) is 16.5. The zero-order chi connectivity index (χ0) is 20.3. The van der Waals surface area contributed by atoms with Crippen LogP contribution in [0.3, 0.4) is 0 Å². The Balaban J connectivity index is 2.15. The molecule has 0 atom stereocenters. The molecule has 0 aliphatic rings. The number of anilines is 1. The van der Waals surface area contributed by atoms with Gasteiger partial charge in [-0.3, -0.25) is 0 Å². The van der Waals surface area contributed by atoms with Crippen molar-refractivity contribution in [2.45, 2.75) is 52.2 Å². The summed E-state index contributed by atoms with van der Waals surface area (Å²) in [4.78, 5) is 13.5. The van der Waals surface area contributed by atoms with Crippen LogP contribution in [0.15, 0.2) is 30.3 Å². The van der Waals surface area contributed by atoms with Gasteiger partial charge in [-0.2, -0.15) is 0 Å². The van der Waals surface area contributed by atoms with Gasteiger partial charge < -0.3 is 15.4 Å². The van der Waals surface area contributed by atoms with E-state index >= 15 is 0 Å². The van der Waals surface area contributed by atoms with E-state index in [-0.39, 0.29) is 11.6 Å². The molecule has 0 saturated carbocycles. The largest absolute Gasteiger partial charge is 0.386 e. The van der Waals surface area contributed by atoms with Crippen molar-refractivity contribution in [1.29, 1.82) is 0 Å². The number of halogens is 1. The lowest BCUT2D eigenvalue weighted by Crippen LogP contribution is -2.22. The second-order valence-electron chi connectivity index (χ2n) is 6.88. The topological polar surface area (TPSA) is 89.9 Å². The number of aromatic nitrogens is 4. The van der Waals surface area contributed by atoms with Crippen molar-refractivity contribution in [3.63, 3.8) is 0 Å². The summed E-state index contributed by atoms with van der Waals surface area (Å²) in [6.45, 7) is 6.56. The molecule has 2 heterocycles. The average molecular weight is 383 g/mol. The van der Waals surface area contributed by atoms with Crippen LogP contribution in [0.4, 0.5) is 10.2 Å². The van der Waals surface area contributed by atoms with Gasteiger partial charge >= 0.3 is 0 Å². The van der Waals surface area contributed by atoms with E-state index in [0.717, 1.165) is 6.42 Å². The molecule has 3 N–H and O–H groups in total. The predicted octanol–water partition coefficient (Wildman–Crippen LogP) is 4.19. The van der Waals surface area contributed by atoms with Crippen molar-refractivity contribution in [1.82, 2.24) is 19.5 Å². The number of imidazole rings is 1. The summed E-state index contributed by atoms with van der Waals surface area (Å²) in [5.74, 6) is 0.952. The molecule has 148 valence electrons. The highest BCUT2D eigenvalue weighted by molar-refractivity contribution is 5.86. The molecule has 0 bridgehead atoms. The molecule has 6 nitrogen and oxygen atoms in total. The summed E-state index contributed by atoms with van der Waals surface area (Å²) >= 11 is 0. The molecule has 3 rings (SSSR count). The first kappa shape index (κ1) is 19.9. The third kappa shape index (κ3) is 3.89. The number of aliphatic hydroxyl groups is 1. The van der Waals surface area contributed by atoms with Gasteiger partial charge in [0.1, 0.15) is 11.6 Å². The SMILES string of the molecule is CCCn1c(-c2cccc(F)c2)nc2c(N)nc(/C=C/C(O)(CC)CC)nc21. The molecule has 0 spiro atoms. The van der Waals surface area contributed by atoms with Gasteiger partial charge in [-0.1, -0.05) is 32.9 Å². The fourth-order valence-electron chi connectivity index (χ4n) is 3.11. The Hall–Kier alpha value is -2.80. The quantitative estimate of drug-likeness (QED) is 0.638. The Morgan fingerprint density at radius 3 is 2.57 bits per heavy atom. The number of hydrogen-bond donors (Lipinski definition) is 2. The van der Waals surface area contributed by atoms with Gasteiger partial charge in [0.2, 0.25) is 0 Å². The van der Waals surface area contributed by atoms with Gasteiger partial charge in [-0.15, -0.1) is 0 Å². The minimum atomic E-state index is -0.899. The maximum absolute atomic E-state index is 13.7. The van der Waals surface area contributed by atoms with Gasteiger partial charge in [0.15, 0.2) is 22.8 Å². The standard InChI is InChI=1S/C21H26FN5O/c1-4-12-27-19(14-8-7-9-15(22)13-14)26-17-18(23)24-16(25-20(17)27)10-11-21(28,5-2)6-3/h7-11,13,28H,4-6,12H2,1-3H3,(H2,23,24,25)/b11-10+. The number of nitrogen functional groups attached to an aromatic ring is 1. The molecule has 3 aromatic rings. The van der Waals surface area contributed by atoms with Crippen LogP contribution in [-0.2, 0) is 6.54 Å². The minimum absolute atomic E-state index is 0.258. The van der Waals surface area contributed by atoms with Crippen LogP contribution in [0.2, 0.25) is 0 Å². The van der Waals surface area contributed by atoms with Crippen LogP contribution < -0.4 is 5.73 Å². The highest BCUT2D eigenvalue weighted by atomic mass is 19.1. The number of nitrogens with zero attached hydrogens (tertiary/aromatic N) is 4. The summed E-state index contributed by atoms with van der Waals surface area (Å²) in [6, 6.07) is 6.31. The first-order valence-electron chi connectivity index (χ1n) is 9.62. The van der Waals surface area contributed by atoms with Crippen LogP contribution in [-0.4, -0.2) is 30.2 Å². The molecule has 2 aromatic heterocycles. The molecule has 7 heteroatoms. The molecule has 28 heavy (non-hydrogen) atoms. The van der Waals surface area contributed by atoms with Crippen molar-refractivity contribution < 1.29 is 9.50 Å². The van der Waals surface area contributed by atoms with E-state index in [9.17, 15) is 9.50 Å². The summed E-state index contributed by atoms with van der Waals surface area (Å²) in [5.41, 5.74) is 7.01. The lowest BCUT2D eigenvalue weighted by atomic mass is 9.97. The van der Waals surface area contributed by atoms with Gasteiger partial charge in [-0.05, 0) is 43.5 Å². The fourth-order valence-corrected chi connectivity index (χ4v) is 3.11. The number of fused-ring (bicyclic) bond motifs is 1. The second kappa shape index (κ2) is 8.06. The normalized spacial score (nSPS) is 12.3. The molecule has 0 fully saturated rings. The Bertz CT molecular complexity index is 1010.